The van der Waals surface area contributed by atoms with Crippen LogP contribution in [-0.2, 0) is 33.3 Å². The third-order valence-corrected chi connectivity index (χ3v) is 8.87. The van der Waals surface area contributed by atoms with Crippen LogP contribution in [-0.4, -0.2) is 62.8 Å². The highest BCUT2D eigenvalue weighted by atomic mass is 16.5. The van der Waals surface area contributed by atoms with Crippen molar-refractivity contribution < 1.29 is 33.3 Å². The molecule has 0 aromatic carbocycles. The number of ether oxygens (including phenoxy) is 5. The second-order valence-corrected chi connectivity index (χ2v) is 12.5. The fourth-order valence-electron chi connectivity index (χ4n) is 6.10. The Morgan fingerprint density at radius 1 is 0.533 bits per heavy atom. The maximum atomic E-state index is 11.0. The number of unbranched alkanes of at least 4 members (excludes halogenated alkanes) is 6. The Labute approximate surface area is 272 Å². The van der Waals surface area contributed by atoms with Crippen LogP contribution >= 0.6 is 0 Å². The summed E-state index contributed by atoms with van der Waals surface area (Å²) in [5.41, 5.74) is 0. The minimum Gasteiger partial charge on any atom is -0.463 e. The SMILES string of the molecule is C=CC(=O)OCCCCCCOC1CCC(C#CC2CCC(C#CC3CCC(OCCCCCCOC(=O)C=C)CC3)O2)CC1. The molecule has 7 heteroatoms. The monoisotopic (exact) mass is 624 g/mol. The second-order valence-electron chi connectivity index (χ2n) is 12.5. The van der Waals surface area contributed by atoms with E-state index in [1.54, 1.807) is 0 Å². The van der Waals surface area contributed by atoms with Gasteiger partial charge in [-0.1, -0.05) is 49.7 Å². The molecule has 2 atom stereocenters. The number of rotatable bonds is 18. The van der Waals surface area contributed by atoms with Gasteiger partial charge in [0.05, 0.1) is 25.4 Å². The topological polar surface area (TPSA) is 80.3 Å². The van der Waals surface area contributed by atoms with Crippen molar-refractivity contribution >= 4 is 11.9 Å². The Morgan fingerprint density at radius 3 is 1.29 bits per heavy atom. The van der Waals surface area contributed by atoms with Gasteiger partial charge in [-0.3, -0.25) is 0 Å². The van der Waals surface area contributed by atoms with E-state index in [0.717, 1.165) is 129 Å². The summed E-state index contributed by atoms with van der Waals surface area (Å²) < 4.78 is 28.4. The molecule has 2 unspecified atom stereocenters. The van der Waals surface area contributed by atoms with Gasteiger partial charge in [-0.15, -0.1) is 0 Å². The van der Waals surface area contributed by atoms with Gasteiger partial charge in [0.15, 0.2) is 0 Å². The zero-order chi connectivity index (χ0) is 32.0. The van der Waals surface area contributed by atoms with E-state index < -0.39 is 0 Å². The first-order valence-corrected chi connectivity index (χ1v) is 17.5. The summed E-state index contributed by atoms with van der Waals surface area (Å²) in [5.74, 6) is 14.0. The molecule has 250 valence electrons. The van der Waals surface area contributed by atoms with Gasteiger partial charge in [0.25, 0.3) is 0 Å². The molecular weight excluding hydrogens is 568 g/mol. The highest BCUT2D eigenvalue weighted by Gasteiger charge is 2.25. The van der Waals surface area contributed by atoms with E-state index >= 15 is 0 Å². The average molecular weight is 625 g/mol. The Hall–Kier alpha value is -2.58. The van der Waals surface area contributed by atoms with Crippen LogP contribution in [0.2, 0.25) is 0 Å². The Kier molecular flexibility index (Phi) is 18.7. The van der Waals surface area contributed by atoms with Crippen LogP contribution in [0.15, 0.2) is 25.3 Å². The van der Waals surface area contributed by atoms with Gasteiger partial charge >= 0.3 is 11.9 Å². The molecule has 3 aliphatic rings. The molecule has 1 aliphatic heterocycles. The molecule has 3 rings (SSSR count). The summed E-state index contributed by atoms with van der Waals surface area (Å²) in [4.78, 5) is 22.0. The van der Waals surface area contributed by atoms with Crippen molar-refractivity contribution in [2.75, 3.05) is 26.4 Å². The van der Waals surface area contributed by atoms with E-state index in [1.807, 2.05) is 0 Å². The molecule has 1 heterocycles. The Bertz CT molecular complexity index is 919. The third kappa shape index (κ3) is 16.5. The third-order valence-electron chi connectivity index (χ3n) is 8.87. The quantitative estimate of drug-likeness (QED) is 0.0687. The second kappa shape index (κ2) is 22.8. The Morgan fingerprint density at radius 2 is 0.911 bits per heavy atom. The van der Waals surface area contributed by atoms with E-state index in [1.165, 1.54) is 12.2 Å². The maximum absolute atomic E-state index is 11.0. The van der Waals surface area contributed by atoms with E-state index in [2.05, 4.69) is 36.8 Å². The van der Waals surface area contributed by atoms with Crippen molar-refractivity contribution in [2.24, 2.45) is 11.8 Å². The van der Waals surface area contributed by atoms with Crippen LogP contribution in [0.5, 0.6) is 0 Å². The summed E-state index contributed by atoms with van der Waals surface area (Å²) >= 11 is 0. The first-order valence-electron chi connectivity index (χ1n) is 17.5. The van der Waals surface area contributed by atoms with Crippen LogP contribution in [0.3, 0.4) is 0 Å². The first-order chi connectivity index (χ1) is 22.1. The predicted octanol–water partition coefficient (Wildman–Crippen LogP) is 7.27. The summed E-state index contributed by atoms with van der Waals surface area (Å²) in [7, 11) is 0. The van der Waals surface area contributed by atoms with Crippen LogP contribution in [0, 0.1) is 35.5 Å². The van der Waals surface area contributed by atoms with Crippen LogP contribution in [0.1, 0.15) is 116 Å². The fraction of sp³-hybridized carbons (Fsp3) is 0.737. The van der Waals surface area contributed by atoms with Crippen molar-refractivity contribution in [1.29, 1.82) is 0 Å². The molecule has 0 spiro atoms. The van der Waals surface area contributed by atoms with E-state index in [-0.39, 0.29) is 24.1 Å². The van der Waals surface area contributed by atoms with Crippen LogP contribution in [0.4, 0.5) is 0 Å². The molecule has 2 saturated carbocycles. The fourth-order valence-corrected chi connectivity index (χ4v) is 6.10. The number of hydrogen-bond donors (Lipinski definition) is 0. The van der Waals surface area contributed by atoms with E-state index in [0.29, 0.717) is 37.3 Å². The lowest BCUT2D eigenvalue weighted by Gasteiger charge is -2.26. The minimum absolute atomic E-state index is 0.0184. The van der Waals surface area contributed by atoms with Gasteiger partial charge < -0.3 is 23.7 Å². The molecule has 45 heavy (non-hydrogen) atoms. The number of carbonyl (C=O) groups excluding carboxylic acids is 2. The largest absolute Gasteiger partial charge is 0.463 e. The smallest absolute Gasteiger partial charge is 0.330 e. The molecule has 0 N–H and O–H groups in total. The van der Waals surface area contributed by atoms with Crippen molar-refractivity contribution in [3.05, 3.63) is 25.3 Å². The van der Waals surface area contributed by atoms with Crippen molar-refractivity contribution in [1.82, 2.24) is 0 Å². The minimum atomic E-state index is -0.345. The predicted molar refractivity (Wildman–Crippen MR) is 176 cm³/mol. The molecule has 0 aromatic heterocycles. The van der Waals surface area contributed by atoms with Gasteiger partial charge in [0.1, 0.15) is 12.2 Å². The maximum Gasteiger partial charge on any atom is 0.330 e. The molecule has 0 aromatic rings. The van der Waals surface area contributed by atoms with Crippen molar-refractivity contribution in [3.63, 3.8) is 0 Å². The van der Waals surface area contributed by atoms with Gasteiger partial charge in [-0.25, -0.2) is 9.59 Å². The van der Waals surface area contributed by atoms with Crippen molar-refractivity contribution in [3.8, 4) is 23.7 Å². The molecule has 1 saturated heterocycles. The molecule has 7 nitrogen and oxygen atoms in total. The van der Waals surface area contributed by atoms with E-state index in [9.17, 15) is 9.59 Å². The first kappa shape index (κ1) is 36.9. The lowest BCUT2D eigenvalue weighted by Crippen LogP contribution is -2.22. The highest BCUT2D eigenvalue weighted by Crippen LogP contribution is 2.28. The zero-order valence-electron chi connectivity index (χ0n) is 27.4. The van der Waals surface area contributed by atoms with E-state index in [4.69, 9.17) is 23.7 Å². The Balaban J connectivity index is 1.17. The summed E-state index contributed by atoms with van der Waals surface area (Å²) in [6, 6.07) is 0. The number of carbonyl (C=O) groups is 2. The van der Waals surface area contributed by atoms with Gasteiger partial charge in [-0.2, -0.15) is 0 Å². The highest BCUT2D eigenvalue weighted by molar-refractivity contribution is 5.81. The standard InChI is InChI=1S/C38H56O7/c1-3-37(39)43-29-11-7-5-9-27-41-33-19-13-31(14-20-33)17-23-35-25-26-36(45-35)24-18-32-15-21-34(22-16-32)42-28-10-6-8-12-30-44-38(40)4-2/h3-4,31-36H,1-2,5-16,19-22,25-30H2. The van der Waals surface area contributed by atoms with Crippen LogP contribution < -0.4 is 0 Å². The van der Waals surface area contributed by atoms with Gasteiger partial charge in [0.2, 0.25) is 0 Å². The zero-order valence-corrected chi connectivity index (χ0v) is 27.4. The average Bonchev–Trinajstić information content (AvgIpc) is 3.53. The number of esters is 2. The number of hydrogen-bond acceptors (Lipinski definition) is 7. The lowest BCUT2D eigenvalue weighted by atomic mass is 9.87. The molecule has 0 bridgehead atoms. The molecule has 2 aliphatic carbocycles. The molecule has 3 fully saturated rings. The van der Waals surface area contributed by atoms with Gasteiger partial charge in [-0.05, 0) is 103 Å². The molecule has 0 radical (unpaired) electrons. The van der Waals surface area contributed by atoms with Crippen molar-refractivity contribution in [2.45, 2.75) is 140 Å². The normalized spacial score (nSPS) is 26.0. The molecule has 0 amide bonds. The van der Waals surface area contributed by atoms with Crippen LogP contribution in [0.25, 0.3) is 0 Å². The summed E-state index contributed by atoms with van der Waals surface area (Å²) in [6.07, 6.45) is 22.0. The summed E-state index contributed by atoms with van der Waals surface area (Å²) in [6.45, 7) is 9.35. The summed E-state index contributed by atoms with van der Waals surface area (Å²) in [5, 5.41) is 0. The molecular formula is C38H56O7. The van der Waals surface area contributed by atoms with Gasteiger partial charge in [0, 0.05) is 37.2 Å². The lowest BCUT2D eigenvalue weighted by molar-refractivity contribution is -0.138.